The molecule has 5 rings (SSSR count). The second-order valence-corrected chi connectivity index (χ2v) is 7.73. The molecule has 2 atom stereocenters. The van der Waals surface area contributed by atoms with E-state index in [0.29, 0.717) is 18.4 Å². The zero-order chi connectivity index (χ0) is 17.7. The minimum absolute atomic E-state index is 0.180. The van der Waals surface area contributed by atoms with Crippen LogP contribution in [-0.4, -0.2) is 21.2 Å². The van der Waals surface area contributed by atoms with Gasteiger partial charge in [0, 0.05) is 24.1 Å². The molecule has 134 valence electrons. The molecule has 2 heterocycles. The molecule has 2 aliphatic rings. The van der Waals surface area contributed by atoms with Gasteiger partial charge in [-0.25, -0.2) is 4.39 Å². The van der Waals surface area contributed by atoms with Crippen molar-refractivity contribution in [1.82, 2.24) is 14.6 Å². The van der Waals surface area contributed by atoms with Gasteiger partial charge < -0.3 is 4.74 Å². The summed E-state index contributed by atoms with van der Waals surface area (Å²) in [4.78, 5) is 0. The van der Waals surface area contributed by atoms with Crippen LogP contribution in [0.5, 0.6) is 5.75 Å². The van der Waals surface area contributed by atoms with Crippen LogP contribution in [0.25, 0.3) is 5.65 Å². The number of benzene rings is 1. The Kier molecular flexibility index (Phi) is 3.69. The lowest BCUT2D eigenvalue weighted by atomic mass is 10.1. The van der Waals surface area contributed by atoms with Crippen molar-refractivity contribution in [2.75, 3.05) is 6.61 Å². The molecule has 2 saturated carbocycles. The van der Waals surface area contributed by atoms with Crippen LogP contribution in [-0.2, 0) is 6.42 Å². The number of pyridine rings is 1. The number of nitrogens with zero attached hydrogens (tertiary/aromatic N) is 3. The molecular weight excluding hydrogens is 329 g/mol. The normalized spacial score (nSPS) is 21.9. The van der Waals surface area contributed by atoms with Crippen LogP contribution >= 0.6 is 0 Å². The maximum Gasteiger partial charge on any atom is 0.167 e. The highest BCUT2D eigenvalue weighted by molar-refractivity contribution is 5.54. The Morgan fingerprint density at radius 3 is 2.73 bits per heavy atom. The summed E-state index contributed by atoms with van der Waals surface area (Å²) in [6.45, 7) is 2.73. The Balaban J connectivity index is 1.26. The van der Waals surface area contributed by atoms with Crippen molar-refractivity contribution in [2.24, 2.45) is 11.8 Å². The van der Waals surface area contributed by atoms with Gasteiger partial charge in [0.05, 0.1) is 6.61 Å². The number of hydrogen-bond acceptors (Lipinski definition) is 3. The summed E-state index contributed by atoms with van der Waals surface area (Å²) in [5.74, 6) is 3.53. The van der Waals surface area contributed by atoms with Gasteiger partial charge in [0.2, 0.25) is 0 Å². The fraction of sp³-hybridized carbons (Fsp3) is 0.429. The molecule has 2 fully saturated rings. The van der Waals surface area contributed by atoms with Crippen LogP contribution in [0.4, 0.5) is 4.39 Å². The summed E-state index contributed by atoms with van der Waals surface area (Å²) < 4.78 is 21.2. The second-order valence-electron chi connectivity index (χ2n) is 7.73. The molecule has 0 saturated heterocycles. The first-order valence-corrected chi connectivity index (χ1v) is 9.40. The maximum absolute atomic E-state index is 13.0. The molecule has 0 aliphatic heterocycles. The largest absolute Gasteiger partial charge is 0.493 e. The number of aromatic nitrogens is 3. The summed E-state index contributed by atoms with van der Waals surface area (Å²) in [5.41, 5.74) is 3.14. The Labute approximate surface area is 152 Å². The Bertz CT molecular complexity index is 946. The third-order valence-electron chi connectivity index (χ3n) is 5.69. The summed E-state index contributed by atoms with van der Waals surface area (Å²) in [6, 6.07) is 8.86. The highest BCUT2D eigenvalue weighted by Gasteiger charge is 2.38. The van der Waals surface area contributed by atoms with Crippen molar-refractivity contribution < 1.29 is 9.13 Å². The smallest absolute Gasteiger partial charge is 0.167 e. The van der Waals surface area contributed by atoms with Crippen molar-refractivity contribution in [2.45, 2.75) is 38.5 Å². The fourth-order valence-corrected chi connectivity index (χ4v) is 3.74. The maximum atomic E-state index is 13.0. The topological polar surface area (TPSA) is 39.4 Å². The van der Waals surface area contributed by atoms with Crippen LogP contribution in [0.15, 0.2) is 36.5 Å². The molecule has 0 unspecified atom stereocenters. The number of hydrogen-bond donors (Lipinski definition) is 0. The molecule has 26 heavy (non-hydrogen) atoms. The van der Waals surface area contributed by atoms with Gasteiger partial charge in [-0.3, -0.25) is 4.40 Å². The minimum atomic E-state index is -0.180. The summed E-state index contributed by atoms with van der Waals surface area (Å²) in [6.07, 6.45) is 6.77. The van der Waals surface area contributed by atoms with Crippen LogP contribution in [0.3, 0.4) is 0 Å². The minimum Gasteiger partial charge on any atom is -0.493 e. The fourth-order valence-electron chi connectivity index (χ4n) is 3.74. The van der Waals surface area contributed by atoms with Crippen LogP contribution in [0.2, 0.25) is 0 Å². The molecule has 0 amide bonds. The first-order chi connectivity index (χ1) is 12.7. The van der Waals surface area contributed by atoms with E-state index in [1.807, 2.05) is 31.3 Å². The van der Waals surface area contributed by atoms with E-state index in [4.69, 9.17) is 4.74 Å². The Hall–Kier alpha value is -2.43. The van der Waals surface area contributed by atoms with E-state index < -0.39 is 0 Å². The molecule has 0 spiro atoms. The predicted molar refractivity (Wildman–Crippen MR) is 96.9 cm³/mol. The van der Waals surface area contributed by atoms with Crippen molar-refractivity contribution in [3.05, 3.63) is 59.3 Å². The first kappa shape index (κ1) is 15.8. The lowest BCUT2D eigenvalue weighted by Gasteiger charge is -2.10. The zero-order valence-corrected chi connectivity index (χ0v) is 14.9. The van der Waals surface area contributed by atoms with E-state index in [0.717, 1.165) is 41.5 Å². The quantitative estimate of drug-likeness (QED) is 0.664. The van der Waals surface area contributed by atoms with E-state index in [9.17, 15) is 4.39 Å². The van der Waals surface area contributed by atoms with E-state index in [1.54, 1.807) is 0 Å². The number of halogens is 1. The third kappa shape index (κ3) is 2.96. The van der Waals surface area contributed by atoms with Crippen LogP contribution in [0.1, 0.15) is 42.1 Å². The van der Waals surface area contributed by atoms with Gasteiger partial charge in [-0.1, -0.05) is 12.1 Å². The molecule has 1 aromatic carbocycles. The van der Waals surface area contributed by atoms with Gasteiger partial charge >= 0.3 is 0 Å². The second kappa shape index (κ2) is 6.08. The molecule has 4 nitrogen and oxygen atoms in total. The molecular formula is C21H22FN3O. The lowest BCUT2D eigenvalue weighted by Crippen LogP contribution is -2.04. The number of fused-ring (bicyclic) bond motifs is 1. The summed E-state index contributed by atoms with van der Waals surface area (Å²) >= 11 is 0. The van der Waals surface area contributed by atoms with Gasteiger partial charge in [-0.15, -0.1) is 10.2 Å². The average molecular weight is 351 g/mol. The number of rotatable bonds is 6. The molecule has 0 bridgehead atoms. The van der Waals surface area contributed by atoms with E-state index >= 15 is 0 Å². The van der Waals surface area contributed by atoms with Crippen LogP contribution in [0, 0.1) is 24.6 Å². The van der Waals surface area contributed by atoms with E-state index in [1.165, 1.54) is 30.5 Å². The predicted octanol–water partition coefficient (Wildman–Crippen LogP) is 4.31. The molecule has 2 aromatic heterocycles. The Morgan fingerprint density at radius 2 is 1.96 bits per heavy atom. The standard InChI is InChI=1S/C21H22FN3O/c1-13-19(8-9-25-20(10-14-2-3-14)23-24-21(13)25)26-12-16-11-18(16)15-4-6-17(22)7-5-15/h4-9,14,16,18H,2-3,10-12H2,1H3/t16-,18-/m1/s1. The highest BCUT2D eigenvalue weighted by Crippen LogP contribution is 2.47. The van der Waals surface area contributed by atoms with E-state index in [2.05, 4.69) is 14.6 Å². The van der Waals surface area contributed by atoms with Crippen LogP contribution < -0.4 is 4.74 Å². The monoisotopic (exact) mass is 351 g/mol. The van der Waals surface area contributed by atoms with Crippen molar-refractivity contribution in [3.63, 3.8) is 0 Å². The van der Waals surface area contributed by atoms with Gasteiger partial charge in [0.15, 0.2) is 5.65 Å². The van der Waals surface area contributed by atoms with Crippen molar-refractivity contribution in [3.8, 4) is 5.75 Å². The van der Waals surface area contributed by atoms with Gasteiger partial charge in [-0.05, 0) is 61.8 Å². The van der Waals surface area contributed by atoms with Crippen molar-refractivity contribution in [1.29, 1.82) is 0 Å². The SMILES string of the molecule is Cc1c(OC[C@H]2C[C@@H]2c2ccc(F)cc2)ccn2c(CC3CC3)nnc12. The molecule has 3 aromatic rings. The number of ether oxygens (including phenoxy) is 1. The highest BCUT2D eigenvalue weighted by atomic mass is 19.1. The summed E-state index contributed by atoms with van der Waals surface area (Å²) in [7, 11) is 0. The molecule has 0 N–H and O–H groups in total. The van der Waals surface area contributed by atoms with Crippen molar-refractivity contribution >= 4 is 5.65 Å². The molecule has 2 aliphatic carbocycles. The number of aryl methyl sites for hydroxylation is 1. The summed E-state index contributed by atoms with van der Waals surface area (Å²) in [5, 5.41) is 8.74. The lowest BCUT2D eigenvalue weighted by molar-refractivity contribution is 0.295. The zero-order valence-electron chi connectivity index (χ0n) is 14.9. The van der Waals surface area contributed by atoms with Gasteiger partial charge in [0.25, 0.3) is 0 Å². The third-order valence-corrected chi connectivity index (χ3v) is 5.69. The molecule has 0 radical (unpaired) electrons. The van der Waals surface area contributed by atoms with Gasteiger partial charge in [-0.2, -0.15) is 0 Å². The average Bonchev–Trinajstić information content (AvgIpc) is 3.55. The van der Waals surface area contributed by atoms with E-state index in [-0.39, 0.29) is 5.82 Å². The molecule has 5 heteroatoms. The first-order valence-electron chi connectivity index (χ1n) is 9.40. The Morgan fingerprint density at radius 1 is 1.15 bits per heavy atom. The van der Waals surface area contributed by atoms with Gasteiger partial charge in [0.1, 0.15) is 17.4 Å².